The first-order valence-electron chi connectivity index (χ1n) is 15.9. The summed E-state index contributed by atoms with van der Waals surface area (Å²) < 4.78 is 0. The molecule has 0 aliphatic carbocycles. The van der Waals surface area contributed by atoms with Crippen molar-refractivity contribution in [2.75, 3.05) is 16.0 Å². The van der Waals surface area contributed by atoms with Crippen LogP contribution in [0.1, 0.15) is 16.7 Å². The second-order valence-electron chi connectivity index (χ2n) is 12.0. The number of amides is 3. The maximum Gasteiger partial charge on any atom is 0.228 e. The third kappa shape index (κ3) is 7.40. The molecule has 0 atom stereocenters. The molecule has 6 nitrogen and oxygen atoms in total. The lowest BCUT2D eigenvalue weighted by Crippen LogP contribution is -2.18. The van der Waals surface area contributed by atoms with Crippen LogP contribution in [-0.4, -0.2) is 17.7 Å². The van der Waals surface area contributed by atoms with Gasteiger partial charge >= 0.3 is 0 Å². The highest BCUT2D eigenvalue weighted by Crippen LogP contribution is 2.25. The van der Waals surface area contributed by atoms with Crippen molar-refractivity contribution < 1.29 is 14.4 Å². The highest BCUT2D eigenvalue weighted by molar-refractivity contribution is 6.00. The molecule has 3 amide bonds. The summed E-state index contributed by atoms with van der Waals surface area (Å²) in [6.45, 7) is 0. The van der Waals surface area contributed by atoms with E-state index in [1.54, 1.807) is 18.2 Å². The van der Waals surface area contributed by atoms with Gasteiger partial charge < -0.3 is 16.0 Å². The van der Waals surface area contributed by atoms with Gasteiger partial charge in [-0.05, 0) is 67.2 Å². The molecule has 7 rings (SSSR count). The third-order valence-electron chi connectivity index (χ3n) is 8.32. The molecule has 0 heterocycles. The van der Waals surface area contributed by atoms with Gasteiger partial charge in [0.1, 0.15) is 0 Å². The first-order valence-corrected chi connectivity index (χ1v) is 15.9. The summed E-state index contributed by atoms with van der Waals surface area (Å²) in [5.74, 6) is -0.630. The standard InChI is InChI=1S/C42H33N3O3/c46-40(22-28-13-16-31-7-1-4-10-34(31)19-28)43-37-25-38(44-41(47)23-29-14-17-32-8-2-5-11-35(32)20-29)27-39(26-37)45-42(48)24-30-15-18-33-9-3-6-12-36(33)21-30/h1-21,25-27H,22-24H2,(H,43,46)(H,44,47)(H,45,48). The number of benzene rings is 7. The zero-order chi connectivity index (χ0) is 32.9. The molecule has 234 valence electrons. The topological polar surface area (TPSA) is 87.3 Å². The zero-order valence-electron chi connectivity index (χ0n) is 26.2. The Balaban J connectivity index is 1.09. The number of carbonyl (C=O) groups excluding carboxylic acids is 3. The quantitative estimate of drug-likeness (QED) is 0.150. The van der Waals surface area contributed by atoms with Gasteiger partial charge in [0.2, 0.25) is 17.7 Å². The molecule has 0 bridgehead atoms. The van der Waals surface area contributed by atoms with Crippen molar-refractivity contribution in [3.05, 3.63) is 162 Å². The Bertz CT molecular complexity index is 2060. The molecule has 48 heavy (non-hydrogen) atoms. The Hall–Kier alpha value is -6.27. The molecular formula is C42H33N3O3. The maximum atomic E-state index is 13.2. The van der Waals surface area contributed by atoms with Crippen LogP contribution in [0.5, 0.6) is 0 Å². The number of hydrogen-bond acceptors (Lipinski definition) is 3. The van der Waals surface area contributed by atoms with Gasteiger partial charge in [-0.3, -0.25) is 14.4 Å². The van der Waals surface area contributed by atoms with Crippen LogP contribution in [0.3, 0.4) is 0 Å². The van der Waals surface area contributed by atoms with E-state index in [0.717, 1.165) is 49.0 Å². The molecular weight excluding hydrogens is 594 g/mol. The predicted molar refractivity (Wildman–Crippen MR) is 195 cm³/mol. The molecule has 0 spiro atoms. The van der Waals surface area contributed by atoms with E-state index in [-0.39, 0.29) is 37.0 Å². The second-order valence-corrected chi connectivity index (χ2v) is 12.0. The molecule has 3 N–H and O–H groups in total. The van der Waals surface area contributed by atoms with Crippen molar-refractivity contribution in [3.63, 3.8) is 0 Å². The number of rotatable bonds is 9. The molecule has 7 aromatic carbocycles. The summed E-state index contributed by atoms with van der Waals surface area (Å²) in [5, 5.41) is 15.4. The van der Waals surface area contributed by atoms with Gasteiger partial charge in [0.05, 0.1) is 19.3 Å². The Morgan fingerprint density at radius 2 is 0.604 bits per heavy atom. The van der Waals surface area contributed by atoms with Crippen molar-refractivity contribution in [2.24, 2.45) is 0 Å². The lowest BCUT2D eigenvalue weighted by molar-refractivity contribution is -0.116. The molecule has 0 fully saturated rings. The molecule has 0 radical (unpaired) electrons. The minimum absolute atomic E-state index is 0.174. The first kappa shape index (κ1) is 30.4. The van der Waals surface area contributed by atoms with Crippen LogP contribution < -0.4 is 16.0 Å². The summed E-state index contributed by atoms with van der Waals surface area (Å²) in [4.78, 5) is 39.6. The van der Waals surface area contributed by atoms with Crippen LogP contribution in [0, 0.1) is 0 Å². The Labute approximate surface area is 278 Å². The molecule has 0 aliphatic rings. The molecule has 0 unspecified atom stereocenters. The molecule has 0 aliphatic heterocycles. The molecule has 6 heteroatoms. The fraction of sp³-hybridized carbons (Fsp3) is 0.0714. The Morgan fingerprint density at radius 1 is 0.333 bits per heavy atom. The first-order chi connectivity index (χ1) is 23.4. The highest BCUT2D eigenvalue weighted by Gasteiger charge is 2.13. The summed E-state index contributed by atoms with van der Waals surface area (Å²) in [7, 11) is 0. The van der Waals surface area contributed by atoms with Crippen molar-refractivity contribution >= 4 is 67.1 Å². The number of carbonyl (C=O) groups is 3. The summed E-state index contributed by atoms with van der Waals surface area (Å²) >= 11 is 0. The van der Waals surface area contributed by atoms with Crippen molar-refractivity contribution in [1.29, 1.82) is 0 Å². The largest absolute Gasteiger partial charge is 0.326 e. The predicted octanol–water partition coefficient (Wildman–Crippen LogP) is 8.69. The van der Waals surface area contributed by atoms with Crippen molar-refractivity contribution in [1.82, 2.24) is 0 Å². The lowest BCUT2D eigenvalue weighted by atomic mass is 10.0. The molecule has 7 aromatic rings. The zero-order valence-corrected chi connectivity index (χ0v) is 26.2. The maximum absolute atomic E-state index is 13.2. The summed E-state index contributed by atoms with van der Waals surface area (Å²) in [5.41, 5.74) is 4.04. The van der Waals surface area contributed by atoms with E-state index in [9.17, 15) is 14.4 Å². The van der Waals surface area contributed by atoms with E-state index in [0.29, 0.717) is 17.1 Å². The Kier molecular flexibility index (Phi) is 8.62. The second kappa shape index (κ2) is 13.6. The molecule has 0 aromatic heterocycles. The minimum Gasteiger partial charge on any atom is -0.326 e. The van der Waals surface area contributed by atoms with E-state index in [1.165, 1.54) is 0 Å². The van der Waals surface area contributed by atoms with Crippen LogP contribution in [0.4, 0.5) is 17.1 Å². The van der Waals surface area contributed by atoms with Gasteiger partial charge in [-0.2, -0.15) is 0 Å². The fourth-order valence-corrected chi connectivity index (χ4v) is 6.06. The van der Waals surface area contributed by atoms with E-state index >= 15 is 0 Å². The van der Waals surface area contributed by atoms with Crippen LogP contribution in [-0.2, 0) is 33.6 Å². The average molecular weight is 628 g/mol. The summed E-state index contributed by atoms with van der Waals surface area (Å²) in [6.07, 6.45) is 0.521. The smallest absolute Gasteiger partial charge is 0.228 e. The minimum atomic E-state index is -0.210. The van der Waals surface area contributed by atoms with Gasteiger partial charge in [0.25, 0.3) is 0 Å². The lowest BCUT2D eigenvalue weighted by Gasteiger charge is -2.14. The van der Waals surface area contributed by atoms with Gasteiger partial charge in [0.15, 0.2) is 0 Å². The highest BCUT2D eigenvalue weighted by atomic mass is 16.2. The number of hydrogen-bond donors (Lipinski definition) is 3. The van der Waals surface area contributed by atoms with Crippen molar-refractivity contribution in [2.45, 2.75) is 19.3 Å². The van der Waals surface area contributed by atoms with Gasteiger partial charge in [-0.1, -0.05) is 127 Å². The number of anilines is 3. The summed E-state index contributed by atoms with van der Waals surface area (Å²) in [6, 6.07) is 47.1. The van der Waals surface area contributed by atoms with Crippen LogP contribution in [0.15, 0.2) is 146 Å². The average Bonchev–Trinajstić information content (AvgIpc) is 3.08. The monoisotopic (exact) mass is 627 g/mol. The normalized spacial score (nSPS) is 11.0. The van der Waals surface area contributed by atoms with Gasteiger partial charge in [0, 0.05) is 17.1 Å². The third-order valence-corrected chi connectivity index (χ3v) is 8.32. The van der Waals surface area contributed by atoms with Gasteiger partial charge in [-0.25, -0.2) is 0 Å². The van der Waals surface area contributed by atoms with E-state index < -0.39 is 0 Å². The molecule has 0 saturated carbocycles. The van der Waals surface area contributed by atoms with Crippen LogP contribution in [0.25, 0.3) is 32.3 Å². The number of fused-ring (bicyclic) bond motifs is 3. The van der Waals surface area contributed by atoms with Crippen molar-refractivity contribution in [3.8, 4) is 0 Å². The van der Waals surface area contributed by atoms with Crippen LogP contribution >= 0.6 is 0 Å². The van der Waals surface area contributed by atoms with Gasteiger partial charge in [-0.15, -0.1) is 0 Å². The van der Waals surface area contributed by atoms with E-state index in [2.05, 4.69) is 16.0 Å². The van der Waals surface area contributed by atoms with E-state index in [4.69, 9.17) is 0 Å². The molecule has 0 saturated heterocycles. The Morgan fingerprint density at radius 3 is 0.896 bits per heavy atom. The number of nitrogens with one attached hydrogen (secondary N) is 3. The van der Waals surface area contributed by atoms with E-state index in [1.807, 2.05) is 127 Å². The van der Waals surface area contributed by atoms with Crippen LogP contribution in [0.2, 0.25) is 0 Å². The fourth-order valence-electron chi connectivity index (χ4n) is 6.06. The SMILES string of the molecule is O=C(Cc1ccc2ccccc2c1)Nc1cc(NC(=O)Cc2ccc3ccccc3c2)cc(NC(=O)Cc2ccc3ccccc3c2)c1.